The smallest absolute Gasteiger partial charge is 0.214 e. The Morgan fingerprint density at radius 1 is 0.871 bits per heavy atom. The molecule has 4 aromatic rings. The van der Waals surface area contributed by atoms with Crippen LogP contribution in [0.25, 0.3) is 16.5 Å². The van der Waals surface area contributed by atoms with Crippen molar-refractivity contribution < 1.29 is 4.92 Å². The van der Waals surface area contributed by atoms with Crippen LogP contribution in [0.3, 0.4) is 0 Å². The first-order valence-electron chi connectivity index (χ1n) is 10.3. The number of para-hydroxylation sites is 2. The Morgan fingerprint density at radius 3 is 2.45 bits per heavy atom. The van der Waals surface area contributed by atoms with Gasteiger partial charge in [-0.25, -0.2) is 4.98 Å². The third-order valence-corrected chi connectivity index (χ3v) is 5.71. The Hall–Kier alpha value is -3.99. The van der Waals surface area contributed by atoms with Crippen molar-refractivity contribution in [3.8, 4) is 0 Å². The lowest BCUT2D eigenvalue weighted by Gasteiger charge is -2.33. The van der Waals surface area contributed by atoms with Crippen molar-refractivity contribution in [2.45, 2.75) is 12.5 Å². The summed E-state index contributed by atoms with van der Waals surface area (Å²) in [7, 11) is 0. The van der Waals surface area contributed by atoms with Crippen LogP contribution in [0.15, 0.2) is 97.2 Å². The molecule has 0 aliphatic carbocycles. The molecule has 0 N–H and O–H groups in total. The molecule has 5 nitrogen and oxygen atoms in total. The monoisotopic (exact) mass is 407 g/mol. The first-order chi connectivity index (χ1) is 15.2. The summed E-state index contributed by atoms with van der Waals surface area (Å²) in [6.45, 7) is 0.511. The van der Waals surface area contributed by atoms with E-state index in [1.54, 1.807) is 0 Å². The highest BCUT2D eigenvalue weighted by atomic mass is 16.6. The van der Waals surface area contributed by atoms with Crippen molar-refractivity contribution in [1.29, 1.82) is 0 Å². The number of fused-ring (bicyclic) bond motifs is 2. The first kappa shape index (κ1) is 19.0. The van der Waals surface area contributed by atoms with Crippen molar-refractivity contribution in [3.05, 3.63) is 124 Å². The van der Waals surface area contributed by atoms with E-state index in [4.69, 9.17) is 4.98 Å². The Kier molecular flexibility index (Phi) is 4.92. The first-order valence-corrected chi connectivity index (χ1v) is 10.3. The number of anilines is 1. The molecule has 0 radical (unpaired) electrons. The van der Waals surface area contributed by atoms with E-state index in [-0.39, 0.29) is 17.4 Å². The number of aromatic nitrogens is 1. The van der Waals surface area contributed by atoms with E-state index in [1.807, 2.05) is 85.1 Å². The summed E-state index contributed by atoms with van der Waals surface area (Å²) in [5, 5.41) is 12.6. The van der Waals surface area contributed by atoms with Gasteiger partial charge in [0.05, 0.1) is 17.1 Å². The predicted molar refractivity (Wildman–Crippen MR) is 123 cm³/mol. The quantitative estimate of drug-likeness (QED) is 0.317. The standard InChI is InChI=1S/C26H21N3O2/c30-29(31)18-22-21-11-5-7-13-26(21)28(16-19-8-2-1-3-9-19)17-23(22)25-15-14-20-10-4-6-12-24(20)27-25/h1-15,17,22H,16,18H2. The van der Waals surface area contributed by atoms with Crippen molar-refractivity contribution >= 4 is 22.2 Å². The number of benzene rings is 3. The van der Waals surface area contributed by atoms with Crippen LogP contribution in [-0.2, 0) is 6.54 Å². The second-order valence-electron chi connectivity index (χ2n) is 7.71. The zero-order valence-corrected chi connectivity index (χ0v) is 16.9. The lowest BCUT2D eigenvalue weighted by molar-refractivity contribution is -0.481. The van der Waals surface area contributed by atoms with Crippen LogP contribution < -0.4 is 4.90 Å². The van der Waals surface area contributed by atoms with Gasteiger partial charge in [-0.15, -0.1) is 0 Å². The minimum atomic E-state index is -0.355. The molecule has 2 heterocycles. The van der Waals surface area contributed by atoms with Crippen LogP contribution in [0.2, 0.25) is 0 Å². The van der Waals surface area contributed by atoms with E-state index in [1.165, 1.54) is 5.56 Å². The molecule has 31 heavy (non-hydrogen) atoms. The summed E-state index contributed by atoms with van der Waals surface area (Å²) in [4.78, 5) is 18.4. The van der Waals surface area contributed by atoms with Gasteiger partial charge in [0.15, 0.2) is 0 Å². The van der Waals surface area contributed by atoms with E-state index in [2.05, 4.69) is 17.0 Å². The number of nitro groups is 1. The fraction of sp³-hybridized carbons (Fsp3) is 0.115. The Morgan fingerprint density at radius 2 is 1.61 bits per heavy atom. The predicted octanol–water partition coefficient (Wildman–Crippen LogP) is 5.66. The molecule has 0 amide bonds. The van der Waals surface area contributed by atoms with E-state index >= 15 is 0 Å². The SMILES string of the molecule is O=[N+]([O-])CC1C(c2ccc3ccccc3n2)=CN(Cc2ccccc2)c2ccccc21. The highest BCUT2D eigenvalue weighted by Crippen LogP contribution is 2.42. The molecule has 5 heteroatoms. The number of pyridine rings is 1. The molecule has 1 aromatic heterocycles. The molecule has 1 atom stereocenters. The molecule has 152 valence electrons. The van der Waals surface area contributed by atoms with E-state index in [9.17, 15) is 10.1 Å². The lowest BCUT2D eigenvalue weighted by atomic mass is 9.85. The van der Waals surface area contributed by atoms with Crippen molar-refractivity contribution in [2.75, 3.05) is 11.4 Å². The second kappa shape index (κ2) is 8.03. The van der Waals surface area contributed by atoms with Crippen LogP contribution >= 0.6 is 0 Å². The number of nitrogens with zero attached hydrogens (tertiary/aromatic N) is 3. The van der Waals surface area contributed by atoms with Crippen molar-refractivity contribution in [3.63, 3.8) is 0 Å². The molecule has 0 saturated heterocycles. The second-order valence-corrected chi connectivity index (χ2v) is 7.71. The molecule has 5 rings (SSSR count). The van der Waals surface area contributed by atoms with Gasteiger partial charge in [0.2, 0.25) is 6.54 Å². The Balaban J connectivity index is 1.65. The fourth-order valence-electron chi connectivity index (χ4n) is 4.27. The van der Waals surface area contributed by atoms with E-state index in [0.717, 1.165) is 33.4 Å². The maximum absolute atomic E-state index is 11.6. The van der Waals surface area contributed by atoms with Gasteiger partial charge in [-0.2, -0.15) is 0 Å². The maximum atomic E-state index is 11.6. The molecule has 1 aliphatic rings. The van der Waals surface area contributed by atoms with Crippen molar-refractivity contribution in [1.82, 2.24) is 4.98 Å². The van der Waals surface area contributed by atoms with Gasteiger partial charge in [-0.1, -0.05) is 72.8 Å². The maximum Gasteiger partial charge on any atom is 0.214 e. The number of hydrogen-bond donors (Lipinski definition) is 0. The van der Waals surface area contributed by atoms with Gasteiger partial charge in [0.25, 0.3) is 0 Å². The molecule has 0 fully saturated rings. The fourth-order valence-corrected chi connectivity index (χ4v) is 4.27. The Bertz CT molecular complexity index is 1280. The summed E-state index contributed by atoms with van der Waals surface area (Å²) in [6, 6.07) is 30.1. The van der Waals surface area contributed by atoms with Crippen LogP contribution in [0, 0.1) is 10.1 Å². The summed E-state index contributed by atoms with van der Waals surface area (Å²) >= 11 is 0. The van der Waals surface area contributed by atoms with E-state index in [0.29, 0.717) is 6.54 Å². The van der Waals surface area contributed by atoms with Gasteiger partial charge < -0.3 is 4.90 Å². The van der Waals surface area contributed by atoms with Gasteiger partial charge >= 0.3 is 0 Å². The summed E-state index contributed by atoms with van der Waals surface area (Å²) < 4.78 is 0. The topological polar surface area (TPSA) is 59.3 Å². The molecule has 0 saturated carbocycles. The van der Waals surface area contributed by atoms with Crippen LogP contribution in [0.5, 0.6) is 0 Å². The van der Waals surface area contributed by atoms with Gasteiger partial charge in [0.1, 0.15) is 0 Å². The van der Waals surface area contributed by atoms with Crippen molar-refractivity contribution in [2.24, 2.45) is 0 Å². The summed E-state index contributed by atoms with van der Waals surface area (Å²) in [5.74, 6) is -0.355. The van der Waals surface area contributed by atoms with Crippen LogP contribution in [-0.4, -0.2) is 16.5 Å². The van der Waals surface area contributed by atoms with Gasteiger partial charge in [0, 0.05) is 34.3 Å². The molecular formula is C26H21N3O2. The van der Waals surface area contributed by atoms with Gasteiger partial charge in [-0.05, 0) is 29.3 Å². The van der Waals surface area contributed by atoms with Crippen LogP contribution in [0.1, 0.15) is 22.7 Å². The highest BCUT2D eigenvalue weighted by molar-refractivity contribution is 5.84. The zero-order valence-electron chi connectivity index (χ0n) is 16.9. The van der Waals surface area contributed by atoms with Gasteiger partial charge in [-0.3, -0.25) is 10.1 Å². The summed E-state index contributed by atoms with van der Waals surface area (Å²) in [6.07, 6.45) is 2.04. The average Bonchev–Trinajstić information content (AvgIpc) is 2.80. The largest absolute Gasteiger partial charge is 0.343 e. The number of rotatable bonds is 5. The molecule has 0 spiro atoms. The minimum Gasteiger partial charge on any atom is -0.343 e. The number of hydrogen-bond acceptors (Lipinski definition) is 4. The Labute approximate surface area is 180 Å². The zero-order chi connectivity index (χ0) is 21.2. The highest BCUT2D eigenvalue weighted by Gasteiger charge is 2.32. The third-order valence-electron chi connectivity index (χ3n) is 5.71. The normalized spacial score (nSPS) is 15.4. The lowest BCUT2D eigenvalue weighted by Crippen LogP contribution is -2.27. The molecule has 1 unspecified atom stereocenters. The minimum absolute atomic E-state index is 0.170. The molecule has 3 aromatic carbocycles. The van der Waals surface area contributed by atoms with Crippen LogP contribution in [0.4, 0.5) is 5.69 Å². The third kappa shape index (κ3) is 3.78. The molecular weight excluding hydrogens is 386 g/mol. The molecule has 0 bridgehead atoms. The molecule has 1 aliphatic heterocycles. The average molecular weight is 407 g/mol. The van der Waals surface area contributed by atoms with E-state index < -0.39 is 0 Å². The summed E-state index contributed by atoms with van der Waals surface area (Å²) in [5.41, 5.74) is 5.67.